The third-order valence-corrected chi connectivity index (χ3v) is 5.31. The first kappa shape index (κ1) is 8.02. The summed E-state index contributed by atoms with van der Waals surface area (Å²) in [6, 6.07) is 0. The molecule has 0 amide bonds. The fourth-order valence-corrected chi connectivity index (χ4v) is 4.52. The van der Waals surface area contributed by atoms with E-state index in [9.17, 15) is 4.79 Å². The Hall–Kier alpha value is -0.330. The van der Waals surface area contributed by atoms with Crippen molar-refractivity contribution in [2.75, 3.05) is 0 Å². The van der Waals surface area contributed by atoms with Crippen molar-refractivity contribution in [1.82, 2.24) is 0 Å². The number of rotatable bonds is 0. The van der Waals surface area contributed by atoms with Crippen molar-refractivity contribution in [3.05, 3.63) is 0 Å². The van der Waals surface area contributed by atoms with E-state index in [4.69, 9.17) is 0 Å². The third-order valence-electron chi connectivity index (χ3n) is 5.31. The highest BCUT2D eigenvalue weighted by atomic mass is 16.1. The van der Waals surface area contributed by atoms with Crippen LogP contribution in [-0.4, -0.2) is 5.78 Å². The molecule has 4 unspecified atom stereocenters. The number of fused-ring (bicyclic) bond motifs is 1. The lowest BCUT2D eigenvalue weighted by Gasteiger charge is -2.41. The minimum absolute atomic E-state index is 0.423. The average Bonchev–Trinajstić information content (AvgIpc) is 2.53. The van der Waals surface area contributed by atoms with Crippen LogP contribution in [0.3, 0.4) is 0 Å². The minimum Gasteiger partial charge on any atom is -0.299 e. The van der Waals surface area contributed by atoms with Crippen LogP contribution in [0.15, 0.2) is 0 Å². The van der Waals surface area contributed by atoms with E-state index in [1.807, 2.05) is 0 Å². The first-order valence-electron chi connectivity index (χ1n) is 5.50. The van der Waals surface area contributed by atoms with Gasteiger partial charge in [0.15, 0.2) is 0 Å². The predicted octanol–water partition coefficient (Wildman–Crippen LogP) is 2.65. The summed E-state index contributed by atoms with van der Waals surface area (Å²) in [4.78, 5) is 11.7. The molecule has 3 aliphatic rings. The van der Waals surface area contributed by atoms with E-state index >= 15 is 0 Å². The Labute approximate surface area is 79.9 Å². The fourth-order valence-electron chi connectivity index (χ4n) is 4.52. The summed E-state index contributed by atoms with van der Waals surface area (Å²) < 4.78 is 0. The lowest BCUT2D eigenvalue weighted by Crippen LogP contribution is -2.34. The van der Waals surface area contributed by atoms with Gasteiger partial charge in [0.1, 0.15) is 5.78 Å². The zero-order chi connectivity index (χ0) is 9.43. The highest BCUT2D eigenvalue weighted by Crippen LogP contribution is 2.77. The van der Waals surface area contributed by atoms with Gasteiger partial charge in [-0.25, -0.2) is 0 Å². The van der Waals surface area contributed by atoms with E-state index in [2.05, 4.69) is 20.8 Å². The summed E-state index contributed by atoms with van der Waals surface area (Å²) in [5, 5.41) is 0. The summed E-state index contributed by atoms with van der Waals surface area (Å²) in [5.74, 6) is 2.51. The maximum absolute atomic E-state index is 11.7. The molecular weight excluding hydrogens is 160 g/mol. The van der Waals surface area contributed by atoms with Crippen molar-refractivity contribution in [2.24, 2.45) is 28.6 Å². The predicted molar refractivity (Wildman–Crippen MR) is 51.2 cm³/mol. The number of ketones is 1. The molecular formula is C12H18O. The van der Waals surface area contributed by atoms with Crippen LogP contribution < -0.4 is 0 Å². The zero-order valence-corrected chi connectivity index (χ0v) is 8.76. The second-order valence-electron chi connectivity index (χ2n) is 6.20. The van der Waals surface area contributed by atoms with Gasteiger partial charge < -0.3 is 0 Å². The van der Waals surface area contributed by atoms with E-state index < -0.39 is 0 Å². The monoisotopic (exact) mass is 178 g/mol. The largest absolute Gasteiger partial charge is 0.299 e. The molecule has 0 bridgehead atoms. The van der Waals surface area contributed by atoms with Crippen molar-refractivity contribution < 1.29 is 4.79 Å². The summed E-state index contributed by atoms with van der Waals surface area (Å²) in [7, 11) is 0. The molecule has 72 valence electrons. The van der Waals surface area contributed by atoms with Crippen molar-refractivity contribution >= 4 is 5.78 Å². The first-order valence-corrected chi connectivity index (χ1v) is 5.50. The van der Waals surface area contributed by atoms with Gasteiger partial charge in [0.05, 0.1) is 0 Å². The lowest BCUT2D eigenvalue weighted by atomic mass is 9.63. The van der Waals surface area contributed by atoms with E-state index in [0.29, 0.717) is 28.4 Å². The van der Waals surface area contributed by atoms with Gasteiger partial charge in [-0.1, -0.05) is 20.8 Å². The van der Waals surface area contributed by atoms with Gasteiger partial charge in [-0.05, 0) is 35.5 Å². The second kappa shape index (κ2) is 1.87. The van der Waals surface area contributed by atoms with Crippen LogP contribution in [0, 0.1) is 28.6 Å². The molecule has 3 rings (SSSR count). The highest BCUT2D eigenvalue weighted by molar-refractivity contribution is 5.89. The molecule has 0 aromatic heterocycles. The van der Waals surface area contributed by atoms with Gasteiger partial charge in [-0.15, -0.1) is 0 Å². The van der Waals surface area contributed by atoms with Crippen molar-refractivity contribution in [3.63, 3.8) is 0 Å². The Bertz CT molecular complexity index is 291. The van der Waals surface area contributed by atoms with Gasteiger partial charge in [-0.3, -0.25) is 4.79 Å². The Morgan fingerprint density at radius 3 is 2.62 bits per heavy atom. The van der Waals surface area contributed by atoms with Crippen LogP contribution in [0.5, 0.6) is 0 Å². The smallest absolute Gasteiger partial charge is 0.137 e. The normalized spacial score (nSPS) is 56.2. The summed E-state index contributed by atoms with van der Waals surface area (Å²) in [6.07, 6.45) is 3.52. The molecule has 0 aromatic rings. The number of hydrogen-bond acceptors (Lipinski definition) is 1. The molecule has 0 N–H and O–H groups in total. The molecule has 0 saturated heterocycles. The Balaban J connectivity index is 2.04. The molecule has 13 heavy (non-hydrogen) atoms. The van der Waals surface area contributed by atoms with Crippen molar-refractivity contribution in [3.8, 4) is 0 Å². The molecule has 1 nitrogen and oxygen atoms in total. The number of Topliss-reactive ketones (excluding diaryl/α,β-unsaturated/α-hetero) is 1. The molecule has 0 heterocycles. The molecule has 1 heteroatoms. The molecule has 3 aliphatic carbocycles. The Kier molecular flexibility index (Phi) is 1.15. The fraction of sp³-hybridized carbons (Fsp3) is 0.917. The molecule has 0 spiro atoms. The minimum atomic E-state index is 0.423. The van der Waals surface area contributed by atoms with Crippen molar-refractivity contribution in [1.29, 1.82) is 0 Å². The molecule has 3 fully saturated rings. The van der Waals surface area contributed by atoms with E-state index in [1.54, 1.807) is 0 Å². The third kappa shape index (κ3) is 0.693. The standard InChI is InChI=1S/C12H18O/c1-11(2)5-4-7-10-8(13)6-9(11)12(7,10)3/h7,9-10H,4-6H2,1-3H3. The molecule has 3 saturated carbocycles. The maximum atomic E-state index is 11.7. The summed E-state index contributed by atoms with van der Waals surface area (Å²) in [6.45, 7) is 7.07. The SMILES string of the molecule is CC1(C)CCC2C3C(=O)CC1C23C. The van der Waals surface area contributed by atoms with E-state index in [-0.39, 0.29) is 0 Å². The molecule has 0 aromatic carbocycles. The quantitative estimate of drug-likeness (QED) is 0.557. The van der Waals surface area contributed by atoms with Crippen molar-refractivity contribution in [2.45, 2.75) is 40.0 Å². The van der Waals surface area contributed by atoms with Gasteiger partial charge in [0, 0.05) is 12.3 Å². The highest BCUT2D eigenvalue weighted by Gasteiger charge is 2.75. The summed E-state index contributed by atoms with van der Waals surface area (Å²) in [5.41, 5.74) is 0.852. The van der Waals surface area contributed by atoms with Crippen LogP contribution in [0.4, 0.5) is 0 Å². The second-order valence-corrected chi connectivity index (χ2v) is 6.20. The number of hydrogen-bond donors (Lipinski definition) is 0. The maximum Gasteiger partial charge on any atom is 0.137 e. The van der Waals surface area contributed by atoms with Crippen LogP contribution in [0.2, 0.25) is 0 Å². The summed E-state index contributed by atoms with van der Waals surface area (Å²) >= 11 is 0. The Morgan fingerprint density at radius 1 is 1.31 bits per heavy atom. The van der Waals surface area contributed by atoms with E-state index in [1.165, 1.54) is 12.8 Å². The van der Waals surface area contributed by atoms with E-state index in [0.717, 1.165) is 12.3 Å². The van der Waals surface area contributed by atoms with Crippen LogP contribution in [0.1, 0.15) is 40.0 Å². The topological polar surface area (TPSA) is 17.1 Å². The number of carbonyl (C=O) groups excluding carboxylic acids is 1. The zero-order valence-electron chi connectivity index (χ0n) is 8.76. The van der Waals surface area contributed by atoms with Crippen LogP contribution in [0.25, 0.3) is 0 Å². The first-order chi connectivity index (χ1) is 5.98. The average molecular weight is 178 g/mol. The lowest BCUT2D eigenvalue weighted by molar-refractivity contribution is -0.121. The molecule has 0 aliphatic heterocycles. The van der Waals surface area contributed by atoms with Gasteiger partial charge in [0.2, 0.25) is 0 Å². The molecule has 0 radical (unpaired) electrons. The van der Waals surface area contributed by atoms with Gasteiger partial charge in [0.25, 0.3) is 0 Å². The van der Waals surface area contributed by atoms with Gasteiger partial charge >= 0.3 is 0 Å². The van der Waals surface area contributed by atoms with Gasteiger partial charge in [-0.2, -0.15) is 0 Å². The Morgan fingerprint density at radius 2 is 2.00 bits per heavy atom. The van der Waals surface area contributed by atoms with Crippen LogP contribution in [-0.2, 0) is 4.79 Å². The van der Waals surface area contributed by atoms with Crippen LogP contribution >= 0.6 is 0 Å². The molecule has 4 atom stereocenters. The number of carbonyl (C=O) groups is 1.